The largest absolute Gasteiger partial charge is 0.387 e. The van der Waals surface area contributed by atoms with Crippen LogP contribution in [0.1, 0.15) is 13.8 Å². The molecule has 3 nitrogen and oxygen atoms in total. The lowest BCUT2D eigenvalue weighted by molar-refractivity contribution is 0.873. The summed E-state index contributed by atoms with van der Waals surface area (Å²) in [7, 11) is 4.02. The fraction of sp³-hybridized carbons (Fsp3) is 0.417. The molecule has 0 spiro atoms. The first-order valence-electron chi connectivity index (χ1n) is 5.12. The van der Waals surface area contributed by atoms with Crippen molar-refractivity contribution in [1.29, 1.82) is 0 Å². The highest BCUT2D eigenvalue weighted by Crippen LogP contribution is 2.20. The third kappa shape index (κ3) is 3.27. The molecule has 0 fully saturated rings. The summed E-state index contributed by atoms with van der Waals surface area (Å²) in [6.45, 7) is 4.07. The highest BCUT2D eigenvalue weighted by Gasteiger charge is 2.00. The van der Waals surface area contributed by atoms with Gasteiger partial charge < -0.3 is 10.6 Å². The van der Waals surface area contributed by atoms with Crippen LogP contribution in [0.15, 0.2) is 29.3 Å². The Labute approximate surface area is 91.6 Å². The second kappa shape index (κ2) is 4.82. The molecule has 2 N–H and O–H groups in total. The first-order valence-corrected chi connectivity index (χ1v) is 5.12. The lowest BCUT2D eigenvalue weighted by atomic mass is 10.2. The zero-order valence-corrected chi connectivity index (χ0v) is 9.86. The van der Waals surface area contributed by atoms with Gasteiger partial charge in [-0.1, -0.05) is 19.9 Å². The summed E-state index contributed by atoms with van der Waals surface area (Å²) in [6, 6.07) is 8.02. The predicted octanol–water partition coefficient (Wildman–Crippen LogP) is 2.40. The van der Waals surface area contributed by atoms with Crippen molar-refractivity contribution >= 4 is 17.2 Å². The number of nitrogens with zero attached hydrogens (tertiary/aromatic N) is 2. The molecule has 3 heteroatoms. The molecule has 82 valence electrons. The molecular weight excluding hydrogens is 186 g/mol. The minimum Gasteiger partial charge on any atom is -0.387 e. The third-order valence-corrected chi connectivity index (χ3v) is 2.20. The second-order valence-electron chi connectivity index (χ2n) is 4.11. The zero-order chi connectivity index (χ0) is 11.4. The number of anilines is 1. The van der Waals surface area contributed by atoms with Gasteiger partial charge >= 0.3 is 0 Å². The van der Waals surface area contributed by atoms with Gasteiger partial charge in [-0.2, -0.15) is 0 Å². The Morgan fingerprint density at radius 1 is 1.33 bits per heavy atom. The average molecular weight is 205 g/mol. The molecule has 15 heavy (non-hydrogen) atoms. The Morgan fingerprint density at radius 3 is 2.53 bits per heavy atom. The molecule has 0 saturated heterocycles. The minimum atomic E-state index is 0.285. The first-order chi connectivity index (χ1) is 7.00. The topological polar surface area (TPSA) is 41.6 Å². The summed E-state index contributed by atoms with van der Waals surface area (Å²) < 4.78 is 0. The Hall–Kier alpha value is -1.51. The van der Waals surface area contributed by atoms with E-state index in [1.54, 1.807) is 0 Å². The highest BCUT2D eigenvalue weighted by atomic mass is 15.1. The van der Waals surface area contributed by atoms with E-state index < -0.39 is 0 Å². The quantitative estimate of drug-likeness (QED) is 0.608. The first kappa shape index (κ1) is 11.6. The summed E-state index contributed by atoms with van der Waals surface area (Å²) in [4.78, 5) is 6.42. The normalized spacial score (nSPS) is 11.9. The molecule has 1 aromatic rings. The molecule has 0 aliphatic rings. The molecule has 0 aliphatic carbocycles. The van der Waals surface area contributed by atoms with Crippen molar-refractivity contribution in [2.75, 3.05) is 19.0 Å². The van der Waals surface area contributed by atoms with Gasteiger partial charge in [0.2, 0.25) is 0 Å². The van der Waals surface area contributed by atoms with Crippen LogP contribution in [-0.2, 0) is 0 Å². The van der Waals surface area contributed by atoms with E-state index in [2.05, 4.69) is 4.99 Å². The second-order valence-corrected chi connectivity index (χ2v) is 4.11. The van der Waals surface area contributed by atoms with E-state index in [1.807, 2.05) is 57.1 Å². The molecule has 0 aliphatic heterocycles. The van der Waals surface area contributed by atoms with E-state index in [1.165, 1.54) is 0 Å². The third-order valence-electron chi connectivity index (χ3n) is 2.20. The maximum atomic E-state index is 5.81. The van der Waals surface area contributed by atoms with Gasteiger partial charge in [-0.05, 0) is 18.2 Å². The van der Waals surface area contributed by atoms with Gasteiger partial charge in [0.05, 0.1) is 5.69 Å². The summed E-state index contributed by atoms with van der Waals surface area (Å²) in [5.74, 6) is 0.957. The zero-order valence-electron chi connectivity index (χ0n) is 9.86. The van der Waals surface area contributed by atoms with Crippen molar-refractivity contribution in [3.63, 3.8) is 0 Å². The van der Waals surface area contributed by atoms with Crippen LogP contribution in [0.4, 0.5) is 11.4 Å². The van der Waals surface area contributed by atoms with Gasteiger partial charge in [0.15, 0.2) is 0 Å². The van der Waals surface area contributed by atoms with Gasteiger partial charge in [0, 0.05) is 25.7 Å². The van der Waals surface area contributed by atoms with Crippen molar-refractivity contribution < 1.29 is 0 Å². The van der Waals surface area contributed by atoms with Crippen LogP contribution in [0.3, 0.4) is 0 Å². The molecule has 0 heterocycles. The average Bonchev–Trinajstić information content (AvgIpc) is 2.18. The number of nitrogens with two attached hydrogens (primary N) is 1. The number of hydrogen-bond donors (Lipinski definition) is 1. The van der Waals surface area contributed by atoms with Gasteiger partial charge in [-0.3, -0.25) is 0 Å². The molecule has 0 aromatic heterocycles. The van der Waals surface area contributed by atoms with Crippen molar-refractivity contribution in [2.24, 2.45) is 16.6 Å². The van der Waals surface area contributed by atoms with Crippen LogP contribution in [-0.4, -0.2) is 19.9 Å². The summed E-state index contributed by atoms with van der Waals surface area (Å²) in [5, 5.41) is 0. The van der Waals surface area contributed by atoms with Crippen LogP contribution in [0.5, 0.6) is 0 Å². The van der Waals surface area contributed by atoms with Gasteiger partial charge in [0.25, 0.3) is 0 Å². The van der Waals surface area contributed by atoms with Crippen LogP contribution in [0.2, 0.25) is 0 Å². The van der Waals surface area contributed by atoms with E-state index in [9.17, 15) is 0 Å². The summed E-state index contributed by atoms with van der Waals surface area (Å²) >= 11 is 0. The number of benzene rings is 1. The molecule has 0 saturated carbocycles. The van der Waals surface area contributed by atoms with Gasteiger partial charge in [0.1, 0.15) is 5.84 Å². The van der Waals surface area contributed by atoms with Crippen molar-refractivity contribution in [3.8, 4) is 0 Å². The maximum Gasteiger partial charge on any atom is 0.102 e. The van der Waals surface area contributed by atoms with E-state index in [0.29, 0.717) is 5.84 Å². The Balaban J connectivity index is 2.96. The molecule has 1 aromatic carbocycles. The molecular formula is C12H19N3. The molecule has 0 amide bonds. The van der Waals surface area contributed by atoms with Crippen molar-refractivity contribution in [2.45, 2.75) is 13.8 Å². The summed E-state index contributed by atoms with van der Waals surface area (Å²) in [5.41, 5.74) is 7.85. The molecule has 0 atom stereocenters. The highest BCUT2D eigenvalue weighted by molar-refractivity contribution is 5.85. The monoisotopic (exact) mass is 205 g/mol. The van der Waals surface area contributed by atoms with Crippen LogP contribution >= 0.6 is 0 Å². The minimum absolute atomic E-state index is 0.285. The molecule has 0 unspecified atom stereocenters. The smallest absolute Gasteiger partial charge is 0.102 e. The fourth-order valence-corrected chi connectivity index (χ4v) is 1.12. The van der Waals surface area contributed by atoms with E-state index >= 15 is 0 Å². The number of amidine groups is 1. The lowest BCUT2D eigenvalue weighted by Crippen LogP contribution is -2.18. The molecule has 0 radical (unpaired) electrons. The van der Waals surface area contributed by atoms with Gasteiger partial charge in [-0.15, -0.1) is 0 Å². The Bertz CT molecular complexity index is 354. The Kier molecular flexibility index (Phi) is 3.72. The van der Waals surface area contributed by atoms with Crippen molar-refractivity contribution in [1.82, 2.24) is 0 Å². The number of rotatable bonds is 3. The number of aliphatic imine (C=N–C) groups is 1. The predicted molar refractivity (Wildman–Crippen MR) is 66.9 cm³/mol. The lowest BCUT2D eigenvalue weighted by Gasteiger charge is -2.12. The van der Waals surface area contributed by atoms with Crippen molar-refractivity contribution in [3.05, 3.63) is 24.3 Å². The fourth-order valence-electron chi connectivity index (χ4n) is 1.12. The van der Waals surface area contributed by atoms with Crippen LogP contribution in [0.25, 0.3) is 0 Å². The summed E-state index contributed by atoms with van der Waals surface area (Å²) in [6.07, 6.45) is 0. The molecule has 1 rings (SSSR count). The van der Waals surface area contributed by atoms with Crippen LogP contribution < -0.4 is 10.6 Å². The Morgan fingerprint density at radius 2 is 2.00 bits per heavy atom. The van der Waals surface area contributed by atoms with E-state index in [4.69, 9.17) is 5.73 Å². The van der Waals surface area contributed by atoms with Crippen LogP contribution in [0, 0.1) is 5.92 Å². The molecule has 0 bridgehead atoms. The standard InChI is InChI=1S/C12H19N3/c1-9(2)12(13)14-10-6-5-7-11(8-10)15(3)4/h5-9H,1-4H3,(H2,13,14). The maximum absolute atomic E-state index is 5.81. The van der Waals surface area contributed by atoms with Gasteiger partial charge in [-0.25, -0.2) is 4.99 Å². The SMILES string of the molecule is CC(C)C(N)=Nc1cccc(N(C)C)c1. The van der Waals surface area contributed by atoms with E-state index in [0.717, 1.165) is 11.4 Å². The van der Waals surface area contributed by atoms with E-state index in [-0.39, 0.29) is 5.92 Å². The number of hydrogen-bond acceptors (Lipinski definition) is 2.